The summed E-state index contributed by atoms with van der Waals surface area (Å²) in [6.45, 7) is 5.79. The number of piperazine rings is 1. The molecule has 1 saturated heterocycles. The number of aryl methyl sites for hydroxylation is 1. The van der Waals surface area contributed by atoms with E-state index >= 15 is 0 Å². The fourth-order valence-corrected chi connectivity index (χ4v) is 3.75. The highest BCUT2D eigenvalue weighted by atomic mass is 16.3. The third kappa shape index (κ3) is 6.20. The molecule has 166 valence electrons. The molecule has 7 nitrogen and oxygen atoms in total. The van der Waals surface area contributed by atoms with Crippen LogP contribution >= 0.6 is 0 Å². The van der Waals surface area contributed by atoms with Gasteiger partial charge in [-0.15, -0.1) is 0 Å². The van der Waals surface area contributed by atoms with Crippen LogP contribution in [0.5, 0.6) is 0 Å². The summed E-state index contributed by atoms with van der Waals surface area (Å²) >= 11 is 0. The lowest BCUT2D eigenvalue weighted by Gasteiger charge is -2.37. The molecule has 2 aromatic rings. The van der Waals surface area contributed by atoms with E-state index in [1.54, 1.807) is 17.0 Å². The van der Waals surface area contributed by atoms with Crippen molar-refractivity contribution >= 4 is 17.7 Å². The molecule has 0 bridgehead atoms. The first-order chi connectivity index (χ1) is 15.0. The van der Waals surface area contributed by atoms with Crippen LogP contribution in [0.1, 0.15) is 42.8 Å². The number of nitrogens with one attached hydrogen (secondary N) is 1. The molecule has 2 heterocycles. The van der Waals surface area contributed by atoms with E-state index in [4.69, 9.17) is 4.42 Å². The van der Waals surface area contributed by atoms with Crippen molar-refractivity contribution in [2.45, 2.75) is 39.2 Å². The zero-order valence-corrected chi connectivity index (χ0v) is 18.3. The zero-order chi connectivity index (χ0) is 22.2. The molecule has 1 aromatic carbocycles. The van der Waals surface area contributed by atoms with E-state index in [1.807, 2.05) is 36.9 Å². The second-order valence-electron chi connectivity index (χ2n) is 8.22. The van der Waals surface area contributed by atoms with Gasteiger partial charge in [0.05, 0.1) is 6.26 Å². The second kappa shape index (κ2) is 10.8. The Kier molecular flexibility index (Phi) is 7.87. The molecule has 1 unspecified atom stereocenters. The molecule has 3 rings (SSSR count). The lowest BCUT2D eigenvalue weighted by molar-refractivity contribution is -0.141. The van der Waals surface area contributed by atoms with E-state index < -0.39 is 11.9 Å². The lowest BCUT2D eigenvalue weighted by atomic mass is 10.0. The fourth-order valence-electron chi connectivity index (χ4n) is 3.75. The highest BCUT2D eigenvalue weighted by Gasteiger charge is 2.32. The zero-order valence-electron chi connectivity index (χ0n) is 18.3. The average molecular weight is 426 g/mol. The van der Waals surface area contributed by atoms with Gasteiger partial charge in [-0.1, -0.05) is 44.2 Å². The first kappa shape index (κ1) is 22.6. The summed E-state index contributed by atoms with van der Waals surface area (Å²) in [6.07, 6.45) is 3.64. The van der Waals surface area contributed by atoms with Crippen LogP contribution in [0.15, 0.2) is 53.1 Å². The van der Waals surface area contributed by atoms with E-state index in [9.17, 15) is 14.4 Å². The van der Waals surface area contributed by atoms with Crippen molar-refractivity contribution in [3.05, 3.63) is 60.1 Å². The van der Waals surface area contributed by atoms with Gasteiger partial charge in [0.2, 0.25) is 11.8 Å². The summed E-state index contributed by atoms with van der Waals surface area (Å²) in [5.74, 6) is -0.265. The van der Waals surface area contributed by atoms with Gasteiger partial charge in [-0.2, -0.15) is 0 Å². The summed E-state index contributed by atoms with van der Waals surface area (Å²) in [5, 5.41) is 2.79. The number of nitrogens with zero attached hydrogens (tertiary/aromatic N) is 2. The van der Waals surface area contributed by atoms with Crippen molar-refractivity contribution < 1.29 is 18.8 Å². The van der Waals surface area contributed by atoms with Crippen molar-refractivity contribution in [1.29, 1.82) is 0 Å². The Hall–Kier alpha value is -3.09. The summed E-state index contributed by atoms with van der Waals surface area (Å²) in [4.78, 5) is 41.5. The molecule has 3 amide bonds. The molecule has 0 radical (unpaired) electrons. The largest absolute Gasteiger partial charge is 0.459 e. The number of benzene rings is 1. The molecular weight excluding hydrogens is 394 g/mol. The van der Waals surface area contributed by atoms with Crippen LogP contribution in [0.25, 0.3) is 0 Å². The minimum absolute atomic E-state index is 0.0657. The van der Waals surface area contributed by atoms with Gasteiger partial charge in [0.1, 0.15) is 6.04 Å². The molecule has 1 N–H and O–H groups in total. The topological polar surface area (TPSA) is 82.9 Å². The van der Waals surface area contributed by atoms with Gasteiger partial charge in [-0.25, -0.2) is 0 Å². The van der Waals surface area contributed by atoms with Gasteiger partial charge in [0.25, 0.3) is 5.91 Å². The predicted octanol–water partition coefficient (Wildman–Crippen LogP) is 2.73. The number of furan rings is 1. The summed E-state index contributed by atoms with van der Waals surface area (Å²) in [5.41, 5.74) is 1.24. The lowest BCUT2D eigenvalue weighted by Crippen LogP contribution is -2.57. The summed E-state index contributed by atoms with van der Waals surface area (Å²) in [7, 11) is 0. The average Bonchev–Trinajstić information content (AvgIpc) is 3.32. The van der Waals surface area contributed by atoms with Crippen molar-refractivity contribution in [3.63, 3.8) is 0 Å². The Morgan fingerprint density at radius 2 is 1.65 bits per heavy atom. The monoisotopic (exact) mass is 425 g/mol. The fraction of sp³-hybridized carbons (Fsp3) is 0.458. The van der Waals surface area contributed by atoms with Crippen molar-refractivity contribution in [2.75, 3.05) is 26.2 Å². The molecule has 0 saturated carbocycles. The summed E-state index contributed by atoms with van der Waals surface area (Å²) < 4.78 is 5.12. The highest BCUT2D eigenvalue weighted by molar-refractivity contribution is 5.95. The second-order valence-corrected chi connectivity index (χ2v) is 8.22. The minimum atomic E-state index is -0.634. The van der Waals surface area contributed by atoms with E-state index in [-0.39, 0.29) is 23.5 Å². The Bertz CT molecular complexity index is 856. The Morgan fingerprint density at radius 3 is 2.26 bits per heavy atom. The van der Waals surface area contributed by atoms with Crippen LogP contribution < -0.4 is 5.32 Å². The van der Waals surface area contributed by atoms with Crippen LogP contribution in [-0.2, 0) is 16.0 Å². The Labute approximate surface area is 183 Å². The Morgan fingerprint density at radius 1 is 0.968 bits per heavy atom. The maximum atomic E-state index is 13.0. The Balaban J connectivity index is 1.46. The minimum Gasteiger partial charge on any atom is -0.459 e. The van der Waals surface area contributed by atoms with Crippen LogP contribution in [-0.4, -0.2) is 59.7 Å². The molecule has 7 heteroatoms. The van der Waals surface area contributed by atoms with Gasteiger partial charge in [0, 0.05) is 32.6 Å². The third-order valence-electron chi connectivity index (χ3n) is 5.61. The maximum absolute atomic E-state index is 13.0. The van der Waals surface area contributed by atoms with Gasteiger partial charge >= 0.3 is 0 Å². The molecular formula is C24H31N3O4. The predicted molar refractivity (Wildman–Crippen MR) is 117 cm³/mol. The van der Waals surface area contributed by atoms with Gasteiger partial charge in [0.15, 0.2) is 5.76 Å². The third-order valence-corrected chi connectivity index (χ3v) is 5.61. The number of amides is 3. The number of rotatable bonds is 8. The summed E-state index contributed by atoms with van der Waals surface area (Å²) in [6, 6.07) is 12.7. The first-order valence-electron chi connectivity index (χ1n) is 10.9. The molecule has 1 aliphatic heterocycles. The van der Waals surface area contributed by atoms with Crippen molar-refractivity contribution in [2.24, 2.45) is 5.92 Å². The molecule has 0 spiro atoms. The number of hydrogen-bond acceptors (Lipinski definition) is 4. The molecule has 1 aromatic heterocycles. The van der Waals surface area contributed by atoms with E-state index in [0.29, 0.717) is 32.6 Å². The number of hydrogen-bond donors (Lipinski definition) is 1. The van der Waals surface area contributed by atoms with Crippen LogP contribution in [0.2, 0.25) is 0 Å². The van der Waals surface area contributed by atoms with E-state index in [1.165, 1.54) is 11.8 Å². The van der Waals surface area contributed by atoms with Crippen LogP contribution in [0.3, 0.4) is 0 Å². The highest BCUT2D eigenvalue weighted by Crippen LogP contribution is 2.13. The van der Waals surface area contributed by atoms with Crippen LogP contribution in [0, 0.1) is 5.92 Å². The first-order valence-corrected chi connectivity index (χ1v) is 10.9. The molecule has 1 aliphatic rings. The van der Waals surface area contributed by atoms with Gasteiger partial charge in [-0.05, 0) is 36.5 Å². The normalized spacial score (nSPS) is 15.1. The molecule has 0 aliphatic carbocycles. The van der Waals surface area contributed by atoms with Crippen molar-refractivity contribution in [3.8, 4) is 0 Å². The number of carbonyl (C=O) groups excluding carboxylic acids is 3. The number of carbonyl (C=O) groups is 3. The van der Waals surface area contributed by atoms with Gasteiger partial charge in [-0.3, -0.25) is 14.4 Å². The van der Waals surface area contributed by atoms with Crippen molar-refractivity contribution in [1.82, 2.24) is 15.1 Å². The van der Waals surface area contributed by atoms with Crippen LogP contribution in [0.4, 0.5) is 0 Å². The smallest absolute Gasteiger partial charge is 0.287 e. The maximum Gasteiger partial charge on any atom is 0.287 e. The molecule has 1 fully saturated rings. The van der Waals surface area contributed by atoms with E-state index in [2.05, 4.69) is 17.4 Å². The molecule has 1 atom stereocenters. The molecule has 31 heavy (non-hydrogen) atoms. The van der Waals surface area contributed by atoms with E-state index in [0.717, 1.165) is 12.8 Å². The quantitative estimate of drug-likeness (QED) is 0.705. The standard InChI is InChI=1S/C24H31N3O4/c1-18(2)22(25-23(29)20-11-7-17-31-20)24(30)27-15-13-26(14-16-27)21(28)12-6-10-19-8-4-3-5-9-19/h3-5,7-9,11,17-18,22H,6,10,12-16H2,1-2H3,(H,25,29). The van der Waals surface area contributed by atoms with Gasteiger partial charge < -0.3 is 19.5 Å². The SMILES string of the molecule is CC(C)C(NC(=O)c1ccco1)C(=O)N1CCN(C(=O)CCCc2ccccc2)CC1.